The van der Waals surface area contributed by atoms with Crippen molar-refractivity contribution in [3.63, 3.8) is 0 Å². The second-order valence-electron chi connectivity index (χ2n) is 9.19. The molecule has 0 saturated heterocycles. The van der Waals surface area contributed by atoms with E-state index in [1.54, 1.807) is 30.3 Å². The van der Waals surface area contributed by atoms with E-state index in [2.05, 4.69) is 15.1 Å². The topological polar surface area (TPSA) is 142 Å². The highest BCUT2D eigenvalue weighted by molar-refractivity contribution is 5.77. The molecule has 5 rings (SSSR count). The molecule has 0 atom stereocenters. The maximum atomic E-state index is 10.8. The number of para-hydroxylation sites is 1. The van der Waals surface area contributed by atoms with Gasteiger partial charge in [-0.2, -0.15) is 10.2 Å². The highest BCUT2D eigenvalue weighted by Crippen LogP contribution is 2.36. The van der Waals surface area contributed by atoms with Crippen LogP contribution in [0.4, 0.5) is 45.5 Å². The number of nitro benzene ring substituents is 1. The van der Waals surface area contributed by atoms with Crippen molar-refractivity contribution in [3.8, 4) is 11.5 Å². The molecule has 0 radical (unpaired) electrons. The van der Waals surface area contributed by atoms with Crippen LogP contribution in [-0.2, 0) is 0 Å². The second kappa shape index (κ2) is 13.0. The molecule has 0 aliphatic rings. The Kier molecular flexibility index (Phi) is 8.54. The molecule has 42 heavy (non-hydrogen) atoms. The van der Waals surface area contributed by atoms with E-state index >= 15 is 0 Å². The van der Waals surface area contributed by atoms with E-state index < -0.39 is 4.92 Å². The maximum Gasteiger partial charge on any atom is 0.269 e. The quantitative estimate of drug-likeness (QED) is 0.0546. The number of benzene rings is 5. The number of nitrogen functional groups attached to an aromatic ring is 2. The van der Waals surface area contributed by atoms with Gasteiger partial charge in [-0.15, -0.1) is 0 Å². The lowest BCUT2D eigenvalue weighted by Crippen LogP contribution is -2.11. The van der Waals surface area contributed by atoms with Crippen LogP contribution in [0.3, 0.4) is 0 Å². The van der Waals surface area contributed by atoms with Gasteiger partial charge in [0.1, 0.15) is 24.7 Å². The van der Waals surface area contributed by atoms with Gasteiger partial charge in [-0.25, -0.2) is 0 Å². The number of rotatable bonds is 11. The smallest absolute Gasteiger partial charge is 0.269 e. The Morgan fingerprint density at radius 3 is 1.64 bits per heavy atom. The number of nitro groups is 1. The van der Waals surface area contributed by atoms with Crippen molar-refractivity contribution in [2.75, 3.05) is 29.6 Å². The molecule has 10 nitrogen and oxygen atoms in total. The van der Waals surface area contributed by atoms with Crippen LogP contribution < -0.4 is 25.8 Å². The van der Waals surface area contributed by atoms with E-state index in [1.807, 2.05) is 78.9 Å². The summed E-state index contributed by atoms with van der Waals surface area (Å²) in [5.41, 5.74) is 16.8. The molecule has 0 saturated carbocycles. The highest BCUT2D eigenvalue weighted by atomic mass is 16.6. The average Bonchev–Trinajstić information content (AvgIpc) is 3.00. The van der Waals surface area contributed by atoms with Crippen molar-refractivity contribution in [1.82, 2.24) is 0 Å². The van der Waals surface area contributed by atoms with Crippen molar-refractivity contribution in [2.24, 2.45) is 10.2 Å². The molecule has 0 aliphatic carbocycles. The predicted octanol–water partition coefficient (Wildman–Crippen LogP) is 8.10. The zero-order valence-corrected chi connectivity index (χ0v) is 22.5. The summed E-state index contributed by atoms with van der Waals surface area (Å²) >= 11 is 0. The molecule has 5 aromatic rings. The Bertz CT molecular complexity index is 1640. The summed E-state index contributed by atoms with van der Waals surface area (Å²) in [6.45, 7) is 0.695. The molecule has 10 heteroatoms. The maximum absolute atomic E-state index is 10.8. The van der Waals surface area contributed by atoms with Crippen LogP contribution in [0.2, 0.25) is 0 Å². The van der Waals surface area contributed by atoms with Crippen LogP contribution in [0.1, 0.15) is 0 Å². The molecular weight excluding hydrogens is 532 g/mol. The Balaban J connectivity index is 1.26. The first-order valence-electron chi connectivity index (χ1n) is 13.1. The number of ether oxygens (including phenoxy) is 2. The van der Waals surface area contributed by atoms with E-state index in [1.165, 1.54) is 12.1 Å². The van der Waals surface area contributed by atoms with Crippen molar-refractivity contribution in [3.05, 3.63) is 131 Å². The number of nitrogens with two attached hydrogens (primary N) is 2. The molecule has 0 amide bonds. The minimum Gasteiger partial charge on any atom is -0.490 e. The predicted molar refractivity (Wildman–Crippen MR) is 165 cm³/mol. The largest absolute Gasteiger partial charge is 0.490 e. The molecule has 210 valence electrons. The molecule has 0 heterocycles. The molecule has 0 aliphatic heterocycles. The fourth-order valence-corrected chi connectivity index (χ4v) is 4.19. The van der Waals surface area contributed by atoms with Crippen molar-refractivity contribution in [2.45, 2.75) is 0 Å². The van der Waals surface area contributed by atoms with E-state index in [0.29, 0.717) is 47.5 Å². The SMILES string of the molecule is Nc1cc(N)cc(OCCOc2ccc(N(c3ccccc3)c3ccc(N=Nc4ccc([N+](=O)[O-])cc4)cc3)cc2)c1. The van der Waals surface area contributed by atoms with Gasteiger partial charge in [0.25, 0.3) is 5.69 Å². The van der Waals surface area contributed by atoms with Gasteiger partial charge in [0.2, 0.25) is 0 Å². The Hall–Kier alpha value is -5.90. The summed E-state index contributed by atoms with van der Waals surface area (Å²) < 4.78 is 11.6. The Morgan fingerprint density at radius 2 is 1.10 bits per heavy atom. The van der Waals surface area contributed by atoms with Crippen LogP contribution in [0.25, 0.3) is 0 Å². The average molecular weight is 561 g/mol. The normalized spacial score (nSPS) is 10.9. The monoisotopic (exact) mass is 560 g/mol. The summed E-state index contributed by atoms with van der Waals surface area (Å²) in [6.07, 6.45) is 0. The van der Waals surface area contributed by atoms with Crippen molar-refractivity contribution < 1.29 is 14.4 Å². The Labute approximate surface area is 242 Å². The standard InChI is InChI=1S/C32H28N6O4/c33-23-20-24(34)22-32(21-23)42-19-18-41-31-16-14-29(15-17-31)37(27-4-2-1-3-5-27)28-10-6-25(7-11-28)35-36-26-8-12-30(13-9-26)38(39)40/h1-17,20-22H,18-19,33-34H2. The minimum atomic E-state index is -0.449. The van der Waals surface area contributed by atoms with Crippen LogP contribution in [-0.4, -0.2) is 18.1 Å². The first kappa shape index (κ1) is 27.7. The van der Waals surface area contributed by atoms with E-state index in [9.17, 15) is 10.1 Å². The first-order valence-corrected chi connectivity index (χ1v) is 13.1. The molecule has 0 bridgehead atoms. The molecule has 0 spiro atoms. The van der Waals surface area contributed by atoms with Crippen LogP contribution >= 0.6 is 0 Å². The molecular formula is C32H28N6O4. The summed E-state index contributed by atoms with van der Waals surface area (Å²) in [5.74, 6) is 1.31. The van der Waals surface area contributed by atoms with Gasteiger partial charge in [0, 0.05) is 52.7 Å². The Morgan fingerprint density at radius 1 is 0.619 bits per heavy atom. The zero-order valence-electron chi connectivity index (χ0n) is 22.5. The number of azo groups is 1. The van der Waals surface area contributed by atoms with Crippen molar-refractivity contribution in [1.29, 1.82) is 0 Å². The van der Waals surface area contributed by atoms with Gasteiger partial charge in [0.05, 0.1) is 16.3 Å². The molecule has 0 aromatic heterocycles. The van der Waals surface area contributed by atoms with E-state index in [0.717, 1.165) is 17.1 Å². The lowest BCUT2D eigenvalue weighted by Gasteiger charge is -2.25. The third kappa shape index (κ3) is 7.19. The lowest BCUT2D eigenvalue weighted by atomic mass is 10.2. The first-order chi connectivity index (χ1) is 20.4. The third-order valence-electron chi connectivity index (χ3n) is 6.13. The highest BCUT2D eigenvalue weighted by Gasteiger charge is 2.12. The van der Waals surface area contributed by atoms with Gasteiger partial charge >= 0.3 is 0 Å². The van der Waals surface area contributed by atoms with Gasteiger partial charge in [-0.05, 0) is 78.9 Å². The lowest BCUT2D eigenvalue weighted by molar-refractivity contribution is -0.384. The van der Waals surface area contributed by atoms with Crippen LogP contribution in [0.15, 0.2) is 132 Å². The summed E-state index contributed by atoms with van der Waals surface area (Å²) in [5, 5.41) is 19.3. The number of anilines is 5. The second-order valence-corrected chi connectivity index (χ2v) is 9.19. The number of hydrogen-bond donors (Lipinski definition) is 2. The summed E-state index contributed by atoms with van der Waals surface area (Å²) in [7, 11) is 0. The number of hydrogen-bond acceptors (Lipinski definition) is 9. The molecule has 0 fully saturated rings. The summed E-state index contributed by atoms with van der Waals surface area (Å²) in [4.78, 5) is 12.5. The molecule has 0 unspecified atom stereocenters. The molecule has 5 aromatic carbocycles. The van der Waals surface area contributed by atoms with Gasteiger partial charge in [-0.1, -0.05) is 18.2 Å². The zero-order chi connectivity index (χ0) is 29.3. The minimum absolute atomic E-state index is 0.00735. The number of non-ortho nitro benzene ring substituents is 1. The van der Waals surface area contributed by atoms with Crippen LogP contribution in [0.5, 0.6) is 11.5 Å². The van der Waals surface area contributed by atoms with Crippen LogP contribution in [0, 0.1) is 10.1 Å². The van der Waals surface area contributed by atoms with Crippen molar-refractivity contribution >= 4 is 45.5 Å². The van der Waals surface area contributed by atoms with Gasteiger partial charge in [0.15, 0.2) is 0 Å². The summed E-state index contributed by atoms with van der Waals surface area (Å²) in [6, 6.07) is 36.5. The third-order valence-corrected chi connectivity index (χ3v) is 6.13. The fourth-order valence-electron chi connectivity index (χ4n) is 4.19. The van der Waals surface area contributed by atoms with E-state index in [4.69, 9.17) is 20.9 Å². The van der Waals surface area contributed by atoms with E-state index in [-0.39, 0.29) is 5.69 Å². The van der Waals surface area contributed by atoms with Gasteiger partial charge in [-0.3, -0.25) is 10.1 Å². The molecule has 4 N–H and O–H groups in total. The van der Waals surface area contributed by atoms with Gasteiger partial charge < -0.3 is 25.8 Å². The fraction of sp³-hybridized carbons (Fsp3) is 0.0625. The number of nitrogens with zero attached hydrogens (tertiary/aromatic N) is 4.